The van der Waals surface area contributed by atoms with Gasteiger partial charge in [-0.1, -0.05) is 0 Å². The zero-order valence-corrected chi connectivity index (χ0v) is 11.0. The maximum absolute atomic E-state index is 11.2. The minimum absolute atomic E-state index is 0.00542. The highest BCUT2D eigenvalue weighted by atomic mass is 16.6. The highest BCUT2D eigenvalue weighted by Crippen LogP contribution is 2.39. The number of hydrogen-bond acceptors (Lipinski definition) is 7. The highest BCUT2D eigenvalue weighted by molar-refractivity contribution is 5.66. The summed E-state index contributed by atoms with van der Waals surface area (Å²) in [5, 5.41) is 23.4. The monoisotopic (exact) mass is 291 g/mol. The molecule has 1 amide bonds. The van der Waals surface area contributed by atoms with Crippen LogP contribution in [-0.2, 0) is 10.3 Å². The summed E-state index contributed by atoms with van der Waals surface area (Å²) in [6, 6.07) is 1.86. The Kier molecular flexibility index (Phi) is 4.00. The number of ether oxygens (including phenoxy) is 1. The second-order valence-corrected chi connectivity index (χ2v) is 4.65. The number of nitrogens with one attached hydrogen (secondary N) is 1. The summed E-state index contributed by atoms with van der Waals surface area (Å²) >= 11 is 0. The molecular weight excluding hydrogens is 278 g/mol. The van der Waals surface area contributed by atoms with Gasteiger partial charge in [-0.05, 0) is 19.4 Å². The second kappa shape index (κ2) is 5.72. The van der Waals surface area contributed by atoms with Gasteiger partial charge in [0.15, 0.2) is 5.60 Å². The van der Waals surface area contributed by atoms with Crippen LogP contribution in [0.2, 0.25) is 0 Å². The number of amides is 1. The number of nitrogens with zero attached hydrogens (tertiary/aromatic N) is 3. The summed E-state index contributed by atoms with van der Waals surface area (Å²) in [5.41, 5.74) is 3.44. The molecule has 1 fully saturated rings. The summed E-state index contributed by atoms with van der Waals surface area (Å²) in [4.78, 5) is 25.5. The Hall–Kier alpha value is -2.73. The molecule has 1 aliphatic heterocycles. The number of carbonyl (C=O) groups is 1. The van der Waals surface area contributed by atoms with Gasteiger partial charge in [-0.3, -0.25) is 15.1 Å². The molecule has 1 atom stereocenters. The molecule has 1 aromatic heterocycles. The number of nitrogens with two attached hydrogens (primary N) is 1. The minimum atomic E-state index is -1.33. The Balaban J connectivity index is 2.66. The first kappa shape index (κ1) is 14.7. The van der Waals surface area contributed by atoms with E-state index in [1.165, 1.54) is 6.20 Å². The molecule has 0 aliphatic carbocycles. The largest absolute Gasteiger partial charge is 0.436 e. The van der Waals surface area contributed by atoms with Crippen molar-refractivity contribution in [3.63, 3.8) is 0 Å². The summed E-state index contributed by atoms with van der Waals surface area (Å²) in [5.74, 6) is 0. The molecule has 1 aliphatic rings. The van der Waals surface area contributed by atoms with Gasteiger partial charge in [-0.25, -0.2) is 4.79 Å². The van der Waals surface area contributed by atoms with Crippen LogP contribution in [0.25, 0.3) is 0 Å². The lowest BCUT2D eigenvalue weighted by Crippen LogP contribution is -2.48. The third-order valence-corrected chi connectivity index (χ3v) is 3.34. The molecule has 110 valence electrons. The van der Waals surface area contributed by atoms with Crippen molar-refractivity contribution in [1.82, 2.24) is 10.3 Å². The molecule has 2 heterocycles. The van der Waals surface area contributed by atoms with Gasteiger partial charge >= 0.3 is 6.09 Å². The van der Waals surface area contributed by atoms with Gasteiger partial charge in [0.1, 0.15) is 12.3 Å². The Bertz CT molecular complexity index is 619. The molecule has 0 radical (unpaired) electrons. The third kappa shape index (κ3) is 2.75. The molecule has 9 heteroatoms. The summed E-state index contributed by atoms with van der Waals surface area (Å²) < 4.78 is 5.19. The number of pyridine rings is 1. The van der Waals surface area contributed by atoms with Crippen LogP contribution in [0.3, 0.4) is 0 Å². The van der Waals surface area contributed by atoms with Crippen molar-refractivity contribution >= 4 is 11.8 Å². The van der Waals surface area contributed by atoms with Crippen molar-refractivity contribution in [3.05, 3.63) is 33.6 Å². The van der Waals surface area contributed by atoms with Crippen LogP contribution in [0.5, 0.6) is 0 Å². The first-order valence-electron chi connectivity index (χ1n) is 6.22. The number of rotatable bonds is 3. The van der Waals surface area contributed by atoms with Crippen LogP contribution in [0.15, 0.2) is 12.4 Å². The van der Waals surface area contributed by atoms with E-state index in [0.717, 1.165) is 6.20 Å². The molecule has 3 N–H and O–H groups in total. The average molecular weight is 291 g/mol. The third-order valence-electron chi connectivity index (χ3n) is 3.34. The van der Waals surface area contributed by atoms with E-state index in [1.807, 2.05) is 6.07 Å². The second-order valence-electron chi connectivity index (χ2n) is 4.65. The maximum Gasteiger partial charge on any atom is 0.405 e. The van der Waals surface area contributed by atoms with E-state index in [4.69, 9.17) is 10.5 Å². The fourth-order valence-corrected chi connectivity index (χ4v) is 2.57. The molecule has 0 saturated carbocycles. The van der Waals surface area contributed by atoms with Gasteiger partial charge in [0, 0.05) is 12.7 Å². The SMILES string of the molecule is N#Cc1cncc([N+](=O)[O-])c1[C@@]1(OC(N)=O)CCCNC1. The van der Waals surface area contributed by atoms with Crippen LogP contribution >= 0.6 is 0 Å². The van der Waals surface area contributed by atoms with Gasteiger partial charge in [-0.2, -0.15) is 5.26 Å². The number of hydrogen-bond donors (Lipinski definition) is 2. The Labute approximate surface area is 119 Å². The van der Waals surface area contributed by atoms with Crippen molar-refractivity contribution in [2.45, 2.75) is 18.4 Å². The number of carbonyl (C=O) groups excluding carboxylic acids is 1. The van der Waals surface area contributed by atoms with Crippen molar-refractivity contribution in [2.24, 2.45) is 5.73 Å². The molecule has 0 spiro atoms. The van der Waals surface area contributed by atoms with Gasteiger partial charge in [-0.15, -0.1) is 0 Å². The predicted octanol–water partition coefficient (Wildman–Crippen LogP) is 0.535. The lowest BCUT2D eigenvalue weighted by molar-refractivity contribution is -0.387. The highest BCUT2D eigenvalue weighted by Gasteiger charge is 2.44. The fraction of sp³-hybridized carbons (Fsp3) is 0.417. The van der Waals surface area contributed by atoms with Crippen molar-refractivity contribution in [1.29, 1.82) is 5.26 Å². The summed E-state index contributed by atoms with van der Waals surface area (Å²) in [7, 11) is 0. The first-order valence-corrected chi connectivity index (χ1v) is 6.22. The molecule has 1 saturated heterocycles. The quantitative estimate of drug-likeness (QED) is 0.610. The average Bonchev–Trinajstić information content (AvgIpc) is 2.46. The minimum Gasteiger partial charge on any atom is -0.436 e. The zero-order chi connectivity index (χ0) is 15.5. The van der Waals surface area contributed by atoms with Crippen LogP contribution < -0.4 is 11.1 Å². The normalized spacial score (nSPS) is 21.3. The van der Waals surface area contributed by atoms with Crippen molar-refractivity contribution in [2.75, 3.05) is 13.1 Å². The Morgan fingerprint density at radius 3 is 2.90 bits per heavy atom. The van der Waals surface area contributed by atoms with Crippen molar-refractivity contribution in [3.8, 4) is 6.07 Å². The van der Waals surface area contributed by atoms with Gasteiger partial charge < -0.3 is 15.8 Å². The molecule has 9 nitrogen and oxygen atoms in total. The summed E-state index contributed by atoms with van der Waals surface area (Å²) in [6.45, 7) is 0.833. The lowest BCUT2D eigenvalue weighted by Gasteiger charge is -2.36. The molecular formula is C12H13N5O4. The number of primary amides is 1. The fourth-order valence-electron chi connectivity index (χ4n) is 2.57. The molecule has 1 aromatic rings. The smallest absolute Gasteiger partial charge is 0.405 e. The standard InChI is InChI=1S/C12H13N5O4/c13-4-8-5-16-6-9(17(19)20)10(8)12(21-11(14)18)2-1-3-15-7-12/h5-6,15H,1-3,7H2,(H2,14,18)/t12-/m1/s1. The topological polar surface area (TPSA) is 144 Å². The van der Waals surface area contributed by atoms with Gasteiger partial charge in [0.25, 0.3) is 5.69 Å². The number of nitro groups is 1. The van der Waals surface area contributed by atoms with Crippen molar-refractivity contribution < 1.29 is 14.5 Å². The van der Waals surface area contributed by atoms with E-state index in [2.05, 4.69) is 10.3 Å². The van der Waals surface area contributed by atoms with Crippen LogP contribution in [0, 0.1) is 21.4 Å². The summed E-state index contributed by atoms with van der Waals surface area (Å²) in [6.07, 6.45) is 2.16. The molecule has 0 bridgehead atoms. The number of aromatic nitrogens is 1. The van der Waals surface area contributed by atoms with Crippen LogP contribution in [0.1, 0.15) is 24.0 Å². The van der Waals surface area contributed by atoms with E-state index >= 15 is 0 Å². The Morgan fingerprint density at radius 1 is 1.62 bits per heavy atom. The van der Waals surface area contributed by atoms with Gasteiger partial charge in [0.2, 0.25) is 0 Å². The van der Waals surface area contributed by atoms with Crippen LogP contribution in [-0.4, -0.2) is 29.1 Å². The van der Waals surface area contributed by atoms with E-state index in [1.54, 1.807) is 0 Å². The van der Waals surface area contributed by atoms with E-state index in [9.17, 15) is 20.2 Å². The first-order chi connectivity index (χ1) is 10.00. The molecule has 0 aromatic carbocycles. The number of nitriles is 1. The lowest BCUT2D eigenvalue weighted by atomic mass is 9.83. The van der Waals surface area contributed by atoms with E-state index < -0.39 is 16.6 Å². The van der Waals surface area contributed by atoms with E-state index in [0.29, 0.717) is 19.4 Å². The Morgan fingerprint density at radius 2 is 2.38 bits per heavy atom. The van der Waals surface area contributed by atoms with E-state index in [-0.39, 0.29) is 23.4 Å². The molecule has 0 unspecified atom stereocenters. The predicted molar refractivity (Wildman–Crippen MR) is 70.1 cm³/mol. The van der Waals surface area contributed by atoms with Gasteiger partial charge in [0.05, 0.1) is 16.1 Å². The van der Waals surface area contributed by atoms with Crippen LogP contribution in [0.4, 0.5) is 10.5 Å². The molecule has 2 rings (SSSR count). The number of piperidine rings is 1. The maximum atomic E-state index is 11.2. The zero-order valence-electron chi connectivity index (χ0n) is 11.0. The molecule has 21 heavy (non-hydrogen) atoms.